The number of nitrogens with one attached hydrogen (secondary N) is 2. The van der Waals surface area contributed by atoms with Gasteiger partial charge in [-0.3, -0.25) is 10.2 Å². The highest BCUT2D eigenvalue weighted by Crippen LogP contribution is 2.13. The fraction of sp³-hybridized carbons (Fsp3) is 0.429. The number of rotatable bonds is 5. The van der Waals surface area contributed by atoms with Crippen LogP contribution in [0.3, 0.4) is 0 Å². The standard InChI is InChI=1S/C14H20N2O4/c1-10(2)8-9-20-12-6-4-11(5-7-12)13(17)15-16-14(18)19-3/h4-7,10H,8-9H2,1-3H3,(H,15,17)(H,16,18). The van der Waals surface area contributed by atoms with Gasteiger partial charge in [-0.1, -0.05) is 13.8 Å². The van der Waals surface area contributed by atoms with E-state index in [0.29, 0.717) is 23.8 Å². The maximum Gasteiger partial charge on any atom is 0.425 e. The highest BCUT2D eigenvalue weighted by Gasteiger charge is 2.07. The van der Waals surface area contributed by atoms with Crippen LogP contribution in [-0.2, 0) is 4.74 Å². The minimum atomic E-state index is -0.730. The molecule has 1 aromatic rings. The second-order valence-corrected chi connectivity index (χ2v) is 4.63. The zero-order chi connectivity index (χ0) is 15.0. The minimum absolute atomic E-state index is 0.414. The van der Waals surface area contributed by atoms with Gasteiger partial charge < -0.3 is 9.47 Å². The predicted octanol–water partition coefficient (Wildman–Crippen LogP) is 2.11. The Morgan fingerprint density at radius 1 is 1.15 bits per heavy atom. The first-order valence-electron chi connectivity index (χ1n) is 6.40. The number of carbonyl (C=O) groups excluding carboxylic acids is 2. The van der Waals surface area contributed by atoms with Crippen molar-refractivity contribution in [1.82, 2.24) is 10.9 Å². The van der Waals surface area contributed by atoms with E-state index in [2.05, 4.69) is 29.4 Å². The van der Waals surface area contributed by atoms with Gasteiger partial charge in [0.1, 0.15) is 5.75 Å². The molecule has 0 aliphatic carbocycles. The maximum absolute atomic E-state index is 11.7. The van der Waals surface area contributed by atoms with Gasteiger partial charge in [0.05, 0.1) is 13.7 Å². The number of amides is 2. The molecule has 0 heterocycles. The summed E-state index contributed by atoms with van der Waals surface area (Å²) in [6.07, 6.45) is 0.248. The van der Waals surface area contributed by atoms with E-state index in [4.69, 9.17) is 4.74 Å². The molecule has 0 aliphatic rings. The highest BCUT2D eigenvalue weighted by atomic mass is 16.5. The average molecular weight is 280 g/mol. The van der Waals surface area contributed by atoms with Crippen LogP contribution >= 0.6 is 0 Å². The van der Waals surface area contributed by atoms with E-state index in [0.717, 1.165) is 6.42 Å². The van der Waals surface area contributed by atoms with Gasteiger partial charge in [0.25, 0.3) is 5.91 Å². The first-order chi connectivity index (χ1) is 9.52. The molecule has 20 heavy (non-hydrogen) atoms. The Hall–Kier alpha value is -2.24. The summed E-state index contributed by atoms with van der Waals surface area (Å²) in [5.41, 5.74) is 4.74. The summed E-state index contributed by atoms with van der Waals surface area (Å²) in [5.74, 6) is 0.872. The molecule has 0 bridgehead atoms. The molecule has 0 atom stereocenters. The molecule has 0 fully saturated rings. The molecule has 0 saturated carbocycles. The third-order valence-electron chi connectivity index (χ3n) is 2.54. The Bertz CT molecular complexity index is 443. The van der Waals surface area contributed by atoms with Crippen LogP contribution in [0, 0.1) is 5.92 Å². The van der Waals surface area contributed by atoms with E-state index in [1.807, 2.05) is 0 Å². The van der Waals surface area contributed by atoms with E-state index in [9.17, 15) is 9.59 Å². The van der Waals surface area contributed by atoms with E-state index in [-0.39, 0.29) is 0 Å². The number of benzene rings is 1. The zero-order valence-corrected chi connectivity index (χ0v) is 11.9. The first-order valence-corrected chi connectivity index (χ1v) is 6.40. The zero-order valence-electron chi connectivity index (χ0n) is 11.9. The number of hydrogen-bond donors (Lipinski definition) is 2. The van der Waals surface area contributed by atoms with Gasteiger partial charge in [0, 0.05) is 5.56 Å². The summed E-state index contributed by atoms with van der Waals surface area (Å²) < 4.78 is 9.88. The molecule has 110 valence electrons. The summed E-state index contributed by atoms with van der Waals surface area (Å²) in [6.45, 7) is 4.91. The number of carbonyl (C=O) groups is 2. The number of hydrazine groups is 1. The molecule has 2 amide bonds. The van der Waals surface area contributed by atoms with Crippen molar-refractivity contribution in [2.45, 2.75) is 20.3 Å². The number of ether oxygens (including phenoxy) is 2. The van der Waals surface area contributed by atoms with E-state index in [1.54, 1.807) is 24.3 Å². The molecule has 0 radical (unpaired) electrons. The Kier molecular flexibility index (Phi) is 6.36. The number of methoxy groups -OCH3 is 1. The van der Waals surface area contributed by atoms with Crippen molar-refractivity contribution >= 4 is 12.0 Å². The van der Waals surface area contributed by atoms with Crippen LogP contribution in [-0.4, -0.2) is 25.7 Å². The minimum Gasteiger partial charge on any atom is -0.494 e. The van der Waals surface area contributed by atoms with Crippen molar-refractivity contribution in [3.8, 4) is 5.75 Å². The summed E-state index contributed by atoms with van der Waals surface area (Å²) >= 11 is 0. The summed E-state index contributed by atoms with van der Waals surface area (Å²) in [4.78, 5) is 22.5. The normalized spacial score (nSPS) is 10.0. The van der Waals surface area contributed by atoms with Crippen molar-refractivity contribution in [3.63, 3.8) is 0 Å². The summed E-state index contributed by atoms with van der Waals surface area (Å²) in [6, 6.07) is 6.68. The molecule has 1 rings (SSSR count). The lowest BCUT2D eigenvalue weighted by atomic mass is 10.1. The molecular formula is C14H20N2O4. The molecule has 0 unspecified atom stereocenters. The monoisotopic (exact) mass is 280 g/mol. The van der Waals surface area contributed by atoms with Crippen molar-refractivity contribution in [2.24, 2.45) is 5.92 Å². The summed E-state index contributed by atoms with van der Waals surface area (Å²) in [7, 11) is 1.21. The smallest absolute Gasteiger partial charge is 0.425 e. The molecule has 2 N–H and O–H groups in total. The fourth-order valence-electron chi connectivity index (χ4n) is 1.35. The van der Waals surface area contributed by atoms with Gasteiger partial charge in [0.15, 0.2) is 0 Å². The maximum atomic E-state index is 11.7. The second-order valence-electron chi connectivity index (χ2n) is 4.63. The van der Waals surface area contributed by atoms with Crippen LogP contribution in [0.2, 0.25) is 0 Å². The van der Waals surface area contributed by atoms with Gasteiger partial charge in [-0.2, -0.15) is 0 Å². The van der Waals surface area contributed by atoms with Crippen molar-refractivity contribution in [2.75, 3.05) is 13.7 Å². The van der Waals surface area contributed by atoms with Crippen LogP contribution in [0.1, 0.15) is 30.6 Å². The van der Waals surface area contributed by atoms with Crippen LogP contribution in [0.4, 0.5) is 4.79 Å². The van der Waals surface area contributed by atoms with E-state index in [1.165, 1.54) is 7.11 Å². The van der Waals surface area contributed by atoms with Gasteiger partial charge in [0.2, 0.25) is 0 Å². The van der Waals surface area contributed by atoms with Gasteiger partial charge in [-0.15, -0.1) is 0 Å². The Morgan fingerprint density at radius 3 is 2.35 bits per heavy atom. The topological polar surface area (TPSA) is 76.7 Å². The van der Waals surface area contributed by atoms with Gasteiger partial charge in [-0.25, -0.2) is 10.2 Å². The largest absolute Gasteiger partial charge is 0.494 e. The SMILES string of the molecule is COC(=O)NNC(=O)c1ccc(OCCC(C)C)cc1. The van der Waals surface area contributed by atoms with Crippen molar-refractivity contribution < 1.29 is 19.1 Å². The predicted molar refractivity (Wildman–Crippen MR) is 74.4 cm³/mol. The van der Waals surface area contributed by atoms with E-state index >= 15 is 0 Å². The third kappa shape index (κ3) is 5.60. The molecule has 6 heteroatoms. The van der Waals surface area contributed by atoms with Gasteiger partial charge in [-0.05, 0) is 36.6 Å². The lowest BCUT2D eigenvalue weighted by Gasteiger charge is -2.09. The van der Waals surface area contributed by atoms with Crippen LogP contribution in [0.25, 0.3) is 0 Å². The quantitative estimate of drug-likeness (QED) is 0.810. The molecule has 0 aliphatic heterocycles. The van der Waals surface area contributed by atoms with Crippen molar-refractivity contribution in [1.29, 1.82) is 0 Å². The van der Waals surface area contributed by atoms with Gasteiger partial charge >= 0.3 is 6.09 Å². The Balaban J connectivity index is 2.45. The molecular weight excluding hydrogens is 260 g/mol. The van der Waals surface area contributed by atoms with E-state index < -0.39 is 12.0 Å². The number of hydrogen-bond acceptors (Lipinski definition) is 4. The van der Waals surface area contributed by atoms with Crippen molar-refractivity contribution in [3.05, 3.63) is 29.8 Å². The third-order valence-corrected chi connectivity index (χ3v) is 2.54. The lowest BCUT2D eigenvalue weighted by molar-refractivity contribution is 0.0920. The highest BCUT2D eigenvalue weighted by molar-refractivity contribution is 5.94. The fourth-order valence-corrected chi connectivity index (χ4v) is 1.35. The second kappa shape index (κ2) is 8.04. The molecule has 0 spiro atoms. The van der Waals surface area contributed by atoms with Crippen LogP contribution in [0.5, 0.6) is 5.75 Å². The Morgan fingerprint density at radius 2 is 1.80 bits per heavy atom. The van der Waals surface area contributed by atoms with Crippen LogP contribution < -0.4 is 15.6 Å². The lowest BCUT2D eigenvalue weighted by Crippen LogP contribution is -2.41. The molecule has 6 nitrogen and oxygen atoms in total. The molecule has 1 aromatic carbocycles. The Labute approximate surface area is 118 Å². The summed E-state index contributed by atoms with van der Waals surface area (Å²) in [5, 5.41) is 0. The average Bonchev–Trinajstić information content (AvgIpc) is 2.44. The van der Waals surface area contributed by atoms with Crippen LogP contribution in [0.15, 0.2) is 24.3 Å². The molecule has 0 saturated heterocycles. The first kappa shape index (κ1) is 15.8. The molecule has 0 aromatic heterocycles.